The summed E-state index contributed by atoms with van der Waals surface area (Å²) in [6.45, 7) is 6.34. The normalized spacial score (nSPS) is 13.1. The molecule has 0 aliphatic heterocycles. The van der Waals surface area contributed by atoms with E-state index in [1.165, 1.54) is 116 Å². The zero-order valence-corrected chi connectivity index (χ0v) is 51.1. The van der Waals surface area contributed by atoms with Crippen molar-refractivity contribution in [2.24, 2.45) is 0 Å². The second-order valence-electron chi connectivity index (χ2n) is 20.9. The monoisotopic (exact) mass is 1090 g/mol. The highest BCUT2D eigenvalue weighted by Crippen LogP contribution is 2.15. The molecule has 0 aliphatic carbocycles. The molecule has 1 atom stereocenters. The molecule has 446 valence electrons. The maximum atomic E-state index is 12.9. The highest BCUT2D eigenvalue weighted by molar-refractivity contribution is 5.71. The van der Waals surface area contributed by atoms with E-state index >= 15 is 0 Å². The third-order valence-corrected chi connectivity index (χ3v) is 13.3. The van der Waals surface area contributed by atoms with Crippen LogP contribution in [0.4, 0.5) is 0 Å². The lowest BCUT2D eigenvalue weighted by Gasteiger charge is -2.18. The minimum Gasteiger partial charge on any atom is -0.462 e. The van der Waals surface area contributed by atoms with Gasteiger partial charge in [0.15, 0.2) is 6.10 Å². The predicted molar refractivity (Wildman–Crippen MR) is 343 cm³/mol. The van der Waals surface area contributed by atoms with Gasteiger partial charge in [0, 0.05) is 19.3 Å². The molecule has 1 unspecified atom stereocenters. The van der Waals surface area contributed by atoms with Crippen LogP contribution in [0.5, 0.6) is 0 Å². The summed E-state index contributed by atoms with van der Waals surface area (Å²) in [7, 11) is 0. The minimum atomic E-state index is -0.832. The molecule has 0 amide bonds. The number of carbonyl (C=O) groups is 3. The maximum Gasteiger partial charge on any atom is 0.306 e. The number of rotatable bonds is 57. The van der Waals surface area contributed by atoms with E-state index in [9.17, 15) is 14.4 Å². The van der Waals surface area contributed by atoms with E-state index in [1.807, 2.05) is 0 Å². The zero-order valence-electron chi connectivity index (χ0n) is 51.1. The fourth-order valence-corrected chi connectivity index (χ4v) is 8.54. The van der Waals surface area contributed by atoms with Crippen LogP contribution in [0.1, 0.15) is 278 Å². The molecule has 0 aromatic rings. The van der Waals surface area contributed by atoms with Crippen molar-refractivity contribution < 1.29 is 28.6 Å². The fourth-order valence-electron chi connectivity index (χ4n) is 8.54. The summed E-state index contributed by atoms with van der Waals surface area (Å²) in [4.78, 5) is 38.3. The van der Waals surface area contributed by atoms with Crippen LogP contribution in [0.3, 0.4) is 0 Å². The van der Waals surface area contributed by atoms with Crippen LogP contribution < -0.4 is 0 Å². The van der Waals surface area contributed by atoms with Crippen molar-refractivity contribution in [2.45, 2.75) is 284 Å². The number of hydrogen-bond acceptors (Lipinski definition) is 6. The Morgan fingerprint density at radius 1 is 0.266 bits per heavy atom. The first-order valence-electron chi connectivity index (χ1n) is 32.3. The summed E-state index contributed by atoms with van der Waals surface area (Å²) in [5.74, 6) is -1.02. The first-order chi connectivity index (χ1) is 39.0. The number of unbranched alkanes of at least 4 members (excludes halogenated alkanes) is 22. The lowest BCUT2D eigenvalue weighted by molar-refractivity contribution is -0.167. The summed E-state index contributed by atoms with van der Waals surface area (Å²) in [5.41, 5.74) is 0. The van der Waals surface area contributed by atoms with Crippen molar-refractivity contribution in [3.8, 4) is 0 Å². The number of hydrogen-bond donors (Lipinski definition) is 0. The third kappa shape index (κ3) is 64.0. The first-order valence-corrected chi connectivity index (χ1v) is 32.3. The molecular weight excluding hydrogens is 973 g/mol. The molecule has 0 saturated carbocycles. The summed E-state index contributed by atoms with van der Waals surface area (Å²) >= 11 is 0. The standard InChI is InChI=1S/C73H118O6/c1-4-7-10-13-16-19-22-25-28-31-33-35-36-38-39-42-45-48-51-54-57-60-63-66-72(75)78-69-70(68-77-71(74)65-62-59-56-53-50-47-44-41-30-27-24-21-18-15-12-9-6-3)79-73(76)67-64-61-58-55-52-49-46-43-40-37-34-32-29-26-23-20-17-14-11-8-5-2/h8-9,11-12,17-18,20-21,26-27,29-31,33-34,37,43-44,46-47,52-53,55-56,70H,4-7,10,13-16,19,22-25,28,32,35-36,38-42,45,48-51,54,57-69H2,1-3H3/b11-8-,12-9-,20-17-,21-18-,29-26-,30-27-,33-31-,37-34-,46-43-,47-44-,55-52-,56-53-. The average molecular weight is 1090 g/mol. The van der Waals surface area contributed by atoms with Crippen LogP contribution in [0.15, 0.2) is 146 Å². The van der Waals surface area contributed by atoms with E-state index in [4.69, 9.17) is 14.2 Å². The van der Waals surface area contributed by atoms with Crippen molar-refractivity contribution in [1.82, 2.24) is 0 Å². The van der Waals surface area contributed by atoms with Crippen LogP contribution >= 0.6 is 0 Å². The van der Waals surface area contributed by atoms with Crippen LogP contribution in [-0.2, 0) is 28.6 Å². The Kier molecular flexibility index (Phi) is 61.9. The van der Waals surface area contributed by atoms with E-state index in [1.54, 1.807) is 0 Å². The van der Waals surface area contributed by atoms with Gasteiger partial charge in [-0.15, -0.1) is 0 Å². The molecule has 0 spiro atoms. The zero-order chi connectivity index (χ0) is 57.1. The molecule has 0 aromatic carbocycles. The maximum absolute atomic E-state index is 12.9. The number of esters is 3. The predicted octanol–water partition coefficient (Wildman–Crippen LogP) is 22.3. The van der Waals surface area contributed by atoms with E-state index in [2.05, 4.69) is 167 Å². The van der Waals surface area contributed by atoms with Crippen molar-refractivity contribution >= 4 is 17.9 Å². The fraction of sp³-hybridized carbons (Fsp3) is 0.630. The van der Waals surface area contributed by atoms with Crippen molar-refractivity contribution in [2.75, 3.05) is 13.2 Å². The summed E-state index contributed by atoms with van der Waals surface area (Å²) in [6.07, 6.45) is 94.3. The lowest BCUT2D eigenvalue weighted by Crippen LogP contribution is -2.30. The Morgan fingerprint density at radius 3 is 0.861 bits per heavy atom. The second-order valence-corrected chi connectivity index (χ2v) is 20.9. The van der Waals surface area contributed by atoms with Crippen molar-refractivity contribution in [3.63, 3.8) is 0 Å². The smallest absolute Gasteiger partial charge is 0.306 e. The van der Waals surface area contributed by atoms with Crippen molar-refractivity contribution in [3.05, 3.63) is 146 Å². The molecule has 0 saturated heterocycles. The van der Waals surface area contributed by atoms with Gasteiger partial charge < -0.3 is 14.2 Å². The van der Waals surface area contributed by atoms with Crippen LogP contribution in [0, 0.1) is 0 Å². The Bertz CT molecular complexity index is 1730. The highest BCUT2D eigenvalue weighted by Gasteiger charge is 2.19. The SMILES string of the molecule is CC/C=C\C/C=C\C/C=C\C/C=C\C/C=C\C/C=C\CCCCC(=O)OC(COC(=O)CCC/C=C\C/C=C\C/C=C\C/C=C\C/C=C\CC)COC(=O)CCCCCCCCCCCCC/C=C\CCCCCCCCCC. The van der Waals surface area contributed by atoms with Gasteiger partial charge in [-0.3, -0.25) is 14.4 Å². The molecule has 0 radical (unpaired) electrons. The molecule has 0 aliphatic rings. The Balaban J connectivity index is 4.52. The minimum absolute atomic E-state index is 0.119. The van der Waals surface area contributed by atoms with Gasteiger partial charge in [0.2, 0.25) is 0 Å². The molecule has 0 bridgehead atoms. The van der Waals surface area contributed by atoms with Gasteiger partial charge in [-0.2, -0.15) is 0 Å². The van der Waals surface area contributed by atoms with Gasteiger partial charge in [-0.25, -0.2) is 0 Å². The largest absolute Gasteiger partial charge is 0.462 e. The second kappa shape index (κ2) is 65.8. The van der Waals surface area contributed by atoms with Gasteiger partial charge in [-0.05, 0) is 135 Å². The molecule has 0 aromatic heterocycles. The Labute approximate surface area is 487 Å². The van der Waals surface area contributed by atoms with Gasteiger partial charge in [-0.1, -0.05) is 269 Å². The van der Waals surface area contributed by atoms with Gasteiger partial charge >= 0.3 is 17.9 Å². The lowest BCUT2D eigenvalue weighted by atomic mass is 10.0. The molecule has 6 nitrogen and oxygen atoms in total. The topological polar surface area (TPSA) is 78.9 Å². The first kappa shape index (κ1) is 74.3. The molecule has 0 fully saturated rings. The average Bonchev–Trinajstić information content (AvgIpc) is 3.45. The molecule has 6 heteroatoms. The summed E-state index contributed by atoms with van der Waals surface area (Å²) in [5, 5.41) is 0. The van der Waals surface area contributed by atoms with E-state index in [0.717, 1.165) is 109 Å². The van der Waals surface area contributed by atoms with Gasteiger partial charge in [0.1, 0.15) is 13.2 Å². The van der Waals surface area contributed by atoms with Gasteiger partial charge in [0.25, 0.3) is 0 Å². The molecule has 0 rings (SSSR count). The number of allylic oxidation sites excluding steroid dienone is 24. The van der Waals surface area contributed by atoms with E-state index in [0.29, 0.717) is 19.3 Å². The van der Waals surface area contributed by atoms with Crippen LogP contribution in [0.25, 0.3) is 0 Å². The van der Waals surface area contributed by atoms with E-state index in [-0.39, 0.29) is 44.0 Å². The van der Waals surface area contributed by atoms with E-state index < -0.39 is 6.10 Å². The van der Waals surface area contributed by atoms with Crippen LogP contribution in [0.2, 0.25) is 0 Å². The van der Waals surface area contributed by atoms with Gasteiger partial charge in [0.05, 0.1) is 0 Å². The highest BCUT2D eigenvalue weighted by atomic mass is 16.6. The third-order valence-electron chi connectivity index (χ3n) is 13.3. The quantitative estimate of drug-likeness (QED) is 0.0261. The number of ether oxygens (including phenoxy) is 3. The van der Waals surface area contributed by atoms with Crippen LogP contribution in [-0.4, -0.2) is 37.2 Å². The molecule has 79 heavy (non-hydrogen) atoms. The molecule has 0 N–H and O–H groups in total. The summed E-state index contributed by atoms with van der Waals surface area (Å²) in [6, 6.07) is 0. The van der Waals surface area contributed by atoms with Crippen molar-refractivity contribution in [1.29, 1.82) is 0 Å². The Hall–Kier alpha value is -4.71. The Morgan fingerprint density at radius 2 is 0.506 bits per heavy atom. The molecular formula is C73H118O6. The summed E-state index contributed by atoms with van der Waals surface area (Å²) < 4.78 is 16.8. The number of carbonyl (C=O) groups excluding carboxylic acids is 3. The molecule has 0 heterocycles.